The second-order valence-corrected chi connectivity index (χ2v) is 9.94. The lowest BCUT2D eigenvalue weighted by Gasteiger charge is -2.31. The van der Waals surface area contributed by atoms with E-state index in [4.69, 9.17) is 16.3 Å². The molecule has 2 aromatic rings. The van der Waals surface area contributed by atoms with Crippen LogP contribution in [0.4, 0.5) is 11.8 Å². The smallest absolute Gasteiger partial charge is 0.223 e. The number of nitrogens with one attached hydrogen (secondary N) is 3. The number of hydrogen-bond acceptors (Lipinski definition) is 8. The maximum absolute atomic E-state index is 6.41. The first-order chi connectivity index (χ1) is 15.4. The quantitative estimate of drug-likeness (QED) is 0.487. The van der Waals surface area contributed by atoms with Gasteiger partial charge >= 0.3 is 0 Å². The summed E-state index contributed by atoms with van der Waals surface area (Å²) in [5.74, 6) is 1.87. The van der Waals surface area contributed by atoms with Crippen molar-refractivity contribution in [3.8, 4) is 11.5 Å². The Bertz CT molecular complexity index is 900. The molecule has 0 spiro atoms. The summed E-state index contributed by atoms with van der Waals surface area (Å²) in [5, 5.41) is 11.0. The molecule has 32 heavy (non-hydrogen) atoms. The van der Waals surface area contributed by atoms with Gasteiger partial charge in [-0.3, -0.25) is 0 Å². The van der Waals surface area contributed by atoms with Crippen LogP contribution in [-0.2, 0) is 4.74 Å². The van der Waals surface area contributed by atoms with Gasteiger partial charge in [0.1, 0.15) is 11.5 Å². The molecule has 0 aliphatic heterocycles. The third-order valence-corrected chi connectivity index (χ3v) is 6.69. The first-order valence-electron chi connectivity index (χ1n) is 11.6. The molecule has 1 unspecified atom stereocenters. The minimum absolute atomic E-state index is 0.341. The Labute approximate surface area is 195 Å². The fourth-order valence-electron chi connectivity index (χ4n) is 4.15. The van der Waals surface area contributed by atoms with E-state index in [-0.39, 0.29) is 0 Å². The molecular formula is C23H34ClN7O. The first kappa shape index (κ1) is 23.1. The molecule has 2 saturated carbocycles. The van der Waals surface area contributed by atoms with E-state index in [1.165, 1.54) is 12.8 Å². The zero-order valence-electron chi connectivity index (χ0n) is 19.2. The van der Waals surface area contributed by atoms with Gasteiger partial charge in [-0.2, -0.15) is 0 Å². The molecule has 4 rings (SSSR count). The van der Waals surface area contributed by atoms with Crippen molar-refractivity contribution >= 4 is 23.4 Å². The second-order valence-electron chi connectivity index (χ2n) is 9.54. The maximum atomic E-state index is 6.41. The highest BCUT2D eigenvalue weighted by Gasteiger charge is 2.36. The number of nitrogens with zero attached hydrogens (tertiary/aromatic N) is 4. The highest BCUT2D eigenvalue weighted by Crippen LogP contribution is 2.44. The van der Waals surface area contributed by atoms with Crippen molar-refractivity contribution < 1.29 is 4.74 Å². The van der Waals surface area contributed by atoms with Crippen LogP contribution in [0.1, 0.15) is 52.4 Å². The van der Waals surface area contributed by atoms with Gasteiger partial charge in [-0.25, -0.2) is 19.9 Å². The van der Waals surface area contributed by atoms with Crippen LogP contribution in [0.3, 0.4) is 0 Å². The summed E-state index contributed by atoms with van der Waals surface area (Å²) < 4.78 is 5.22. The molecule has 0 saturated heterocycles. The molecule has 0 bridgehead atoms. The van der Waals surface area contributed by atoms with Gasteiger partial charge < -0.3 is 20.7 Å². The zero-order valence-corrected chi connectivity index (χ0v) is 20.0. The second kappa shape index (κ2) is 10.3. The Morgan fingerprint density at radius 1 is 1.16 bits per heavy atom. The third-order valence-electron chi connectivity index (χ3n) is 6.41. The molecule has 0 radical (unpaired) electrons. The number of hydrogen-bond donors (Lipinski definition) is 3. The SMILES string of the molecule is COCC(C)NC1CCC(Nc2ncc(Cl)c(-c3nccc(NCC4(C)CC4)n3)n2)CC1. The van der Waals surface area contributed by atoms with Gasteiger partial charge in [0.2, 0.25) is 5.95 Å². The van der Waals surface area contributed by atoms with E-state index in [0.717, 1.165) is 44.7 Å². The molecule has 9 heteroatoms. The van der Waals surface area contributed by atoms with E-state index in [1.807, 2.05) is 6.07 Å². The van der Waals surface area contributed by atoms with Gasteiger partial charge in [-0.15, -0.1) is 0 Å². The molecule has 0 amide bonds. The third kappa shape index (κ3) is 6.27. The Hall–Kier alpha value is -2.03. The van der Waals surface area contributed by atoms with Crippen molar-refractivity contribution in [2.75, 3.05) is 30.9 Å². The topological polar surface area (TPSA) is 96.9 Å². The van der Waals surface area contributed by atoms with E-state index in [9.17, 15) is 0 Å². The van der Waals surface area contributed by atoms with Gasteiger partial charge in [0.15, 0.2) is 5.82 Å². The molecule has 1 atom stereocenters. The molecule has 0 aromatic carbocycles. The average molecular weight is 460 g/mol. The van der Waals surface area contributed by atoms with Crippen LogP contribution in [0.2, 0.25) is 5.02 Å². The maximum Gasteiger partial charge on any atom is 0.223 e. The van der Waals surface area contributed by atoms with E-state index in [1.54, 1.807) is 19.5 Å². The van der Waals surface area contributed by atoms with Gasteiger partial charge in [0.25, 0.3) is 0 Å². The largest absolute Gasteiger partial charge is 0.383 e. The minimum atomic E-state index is 0.341. The standard InChI is InChI=1S/C23H34ClN7O/c1-15(13-32-3)28-16-4-6-17(7-5-16)29-22-26-12-18(24)20(31-22)21-25-11-8-19(30-21)27-14-23(2)9-10-23/h8,11-12,15-17,28H,4-7,9-10,13-14H2,1-3H3,(H,25,27,30)(H,26,29,31). The summed E-state index contributed by atoms with van der Waals surface area (Å²) in [6.07, 6.45) is 10.2. The van der Waals surface area contributed by atoms with E-state index in [2.05, 4.69) is 49.7 Å². The van der Waals surface area contributed by atoms with E-state index >= 15 is 0 Å². The van der Waals surface area contributed by atoms with Gasteiger partial charge in [0, 0.05) is 38.0 Å². The molecule has 2 aromatic heterocycles. The van der Waals surface area contributed by atoms with Crippen LogP contribution in [0, 0.1) is 5.41 Å². The predicted octanol–water partition coefficient (Wildman–Crippen LogP) is 4.15. The molecule has 2 heterocycles. The van der Waals surface area contributed by atoms with Gasteiger partial charge in [-0.1, -0.05) is 18.5 Å². The summed E-state index contributed by atoms with van der Waals surface area (Å²) in [7, 11) is 1.74. The van der Waals surface area contributed by atoms with Gasteiger partial charge in [-0.05, 0) is 56.9 Å². The van der Waals surface area contributed by atoms with E-state index in [0.29, 0.717) is 46.0 Å². The molecule has 2 aliphatic rings. The summed E-state index contributed by atoms with van der Waals surface area (Å²) in [4.78, 5) is 18.1. The van der Waals surface area contributed by atoms with Crippen LogP contribution < -0.4 is 16.0 Å². The van der Waals surface area contributed by atoms with Crippen LogP contribution >= 0.6 is 11.6 Å². The molecule has 3 N–H and O–H groups in total. The first-order valence-corrected chi connectivity index (χ1v) is 11.9. The lowest BCUT2D eigenvalue weighted by molar-refractivity contribution is 0.161. The Morgan fingerprint density at radius 2 is 1.91 bits per heavy atom. The molecule has 2 aliphatic carbocycles. The van der Waals surface area contributed by atoms with Crippen LogP contribution in [-0.4, -0.2) is 58.3 Å². The predicted molar refractivity (Wildman–Crippen MR) is 128 cm³/mol. The molecule has 174 valence electrons. The average Bonchev–Trinajstić information content (AvgIpc) is 3.53. The number of ether oxygens (including phenoxy) is 1. The normalized spacial score (nSPS) is 22.9. The summed E-state index contributed by atoms with van der Waals surface area (Å²) >= 11 is 6.41. The number of aromatic nitrogens is 4. The number of methoxy groups -OCH3 is 1. The highest BCUT2D eigenvalue weighted by molar-refractivity contribution is 6.32. The lowest BCUT2D eigenvalue weighted by Crippen LogP contribution is -2.43. The monoisotopic (exact) mass is 459 g/mol. The van der Waals surface area contributed by atoms with Crippen molar-refractivity contribution in [2.45, 2.75) is 70.5 Å². The number of anilines is 2. The number of halogens is 1. The summed E-state index contributed by atoms with van der Waals surface area (Å²) in [5.41, 5.74) is 0.944. The van der Waals surface area contributed by atoms with E-state index < -0.39 is 0 Å². The van der Waals surface area contributed by atoms with Crippen LogP contribution in [0.15, 0.2) is 18.5 Å². The van der Waals surface area contributed by atoms with Crippen LogP contribution in [0.5, 0.6) is 0 Å². The van der Waals surface area contributed by atoms with Crippen molar-refractivity contribution in [3.05, 3.63) is 23.5 Å². The minimum Gasteiger partial charge on any atom is -0.383 e. The Balaban J connectivity index is 1.36. The van der Waals surface area contributed by atoms with Crippen molar-refractivity contribution in [3.63, 3.8) is 0 Å². The summed E-state index contributed by atoms with van der Waals surface area (Å²) in [6, 6.07) is 3.12. The summed E-state index contributed by atoms with van der Waals surface area (Å²) in [6.45, 7) is 6.09. The Morgan fingerprint density at radius 3 is 2.62 bits per heavy atom. The highest BCUT2D eigenvalue weighted by atomic mass is 35.5. The molecule has 2 fully saturated rings. The van der Waals surface area contributed by atoms with Crippen molar-refractivity contribution in [1.82, 2.24) is 25.3 Å². The Kier molecular flexibility index (Phi) is 7.43. The van der Waals surface area contributed by atoms with Crippen molar-refractivity contribution in [1.29, 1.82) is 0 Å². The fraction of sp³-hybridized carbons (Fsp3) is 0.652. The van der Waals surface area contributed by atoms with Gasteiger partial charge in [0.05, 0.1) is 17.8 Å². The van der Waals surface area contributed by atoms with Crippen LogP contribution in [0.25, 0.3) is 11.5 Å². The zero-order chi connectivity index (χ0) is 22.6. The molecular weight excluding hydrogens is 426 g/mol. The fourth-order valence-corrected chi connectivity index (χ4v) is 4.32. The lowest BCUT2D eigenvalue weighted by atomic mass is 9.91. The van der Waals surface area contributed by atoms with Crippen molar-refractivity contribution in [2.24, 2.45) is 5.41 Å². The molecule has 8 nitrogen and oxygen atoms in total. The number of rotatable bonds is 10.